The van der Waals surface area contributed by atoms with E-state index in [9.17, 15) is 22.8 Å². The Kier molecular flexibility index (Phi) is 7.55. The van der Waals surface area contributed by atoms with Crippen LogP contribution in [0.4, 0.5) is 5.69 Å². The van der Waals surface area contributed by atoms with Gasteiger partial charge in [-0.1, -0.05) is 17.7 Å². The Hall–Kier alpha value is -2.47. The van der Waals surface area contributed by atoms with Gasteiger partial charge in [-0.05, 0) is 43.2 Å². The van der Waals surface area contributed by atoms with Crippen molar-refractivity contribution in [3.8, 4) is 0 Å². The molecule has 1 unspecified atom stereocenters. The molecule has 0 bridgehead atoms. The number of nitrogens with one attached hydrogen (secondary N) is 2. The number of amides is 2. The third-order valence-corrected chi connectivity index (χ3v) is 7.80. The minimum atomic E-state index is -4.18. The predicted octanol–water partition coefficient (Wildman–Crippen LogP) is 2.09. The number of sulfonamides is 1. The zero-order chi connectivity index (χ0) is 23.5. The number of halogens is 1. The maximum atomic E-state index is 13.1. The maximum Gasteiger partial charge on any atom is 0.325 e. The van der Waals surface area contributed by atoms with Gasteiger partial charge in [0.05, 0.1) is 21.2 Å². The molecular formula is C20H22ClN3O6S2. The maximum absolute atomic E-state index is 13.1. The quantitative estimate of drug-likeness (QED) is 0.536. The fraction of sp³-hybridized carbons (Fsp3) is 0.350. The first-order chi connectivity index (χ1) is 15.1. The fourth-order valence-corrected chi connectivity index (χ4v) is 5.78. The summed E-state index contributed by atoms with van der Waals surface area (Å²) < 4.78 is 33.6. The van der Waals surface area contributed by atoms with Gasteiger partial charge in [0.2, 0.25) is 15.9 Å². The summed E-state index contributed by atoms with van der Waals surface area (Å²) in [6, 6.07) is 6.33. The van der Waals surface area contributed by atoms with Crippen LogP contribution in [-0.2, 0) is 24.3 Å². The smallest absolute Gasteiger partial charge is 0.325 e. The van der Waals surface area contributed by atoms with Crippen LogP contribution in [0.2, 0.25) is 4.34 Å². The average Bonchev–Trinajstić information content (AvgIpc) is 3.38. The first-order valence-corrected chi connectivity index (χ1v) is 12.4. The van der Waals surface area contributed by atoms with Crippen LogP contribution in [0.15, 0.2) is 35.2 Å². The van der Waals surface area contributed by atoms with E-state index in [1.54, 1.807) is 24.0 Å². The van der Waals surface area contributed by atoms with E-state index in [4.69, 9.17) is 16.3 Å². The molecular weight excluding hydrogens is 478 g/mol. The van der Waals surface area contributed by atoms with Gasteiger partial charge < -0.3 is 15.0 Å². The summed E-state index contributed by atoms with van der Waals surface area (Å²) in [5.74, 6) is -1.43. The molecule has 1 aliphatic rings. The Morgan fingerprint density at radius 1 is 1.28 bits per heavy atom. The molecule has 1 fully saturated rings. The van der Waals surface area contributed by atoms with Gasteiger partial charge in [-0.15, -0.1) is 11.3 Å². The fourth-order valence-electron chi connectivity index (χ4n) is 3.37. The lowest BCUT2D eigenvalue weighted by molar-refractivity contribution is -0.142. The summed E-state index contributed by atoms with van der Waals surface area (Å²) in [6.45, 7) is 1.79. The van der Waals surface area contributed by atoms with Crippen molar-refractivity contribution in [2.45, 2.75) is 30.7 Å². The summed E-state index contributed by atoms with van der Waals surface area (Å²) >= 11 is 6.88. The van der Waals surface area contributed by atoms with Gasteiger partial charge in [0.1, 0.15) is 6.04 Å². The van der Waals surface area contributed by atoms with Crippen LogP contribution in [0.5, 0.6) is 0 Å². The second-order valence-corrected chi connectivity index (χ2v) is 10.5. The lowest BCUT2D eigenvalue weighted by Gasteiger charge is -2.22. The minimum Gasteiger partial charge on any atom is -0.468 e. The largest absolute Gasteiger partial charge is 0.468 e. The Labute approximate surface area is 194 Å². The van der Waals surface area contributed by atoms with Gasteiger partial charge in [-0.2, -0.15) is 4.72 Å². The molecule has 0 radical (unpaired) electrons. The highest BCUT2D eigenvalue weighted by atomic mass is 35.5. The molecule has 2 amide bonds. The van der Waals surface area contributed by atoms with Crippen molar-refractivity contribution in [2.75, 3.05) is 25.1 Å². The minimum absolute atomic E-state index is 0.0695. The number of nitrogens with zero attached hydrogens (tertiary/aromatic N) is 1. The lowest BCUT2D eigenvalue weighted by atomic mass is 10.2. The molecule has 1 aliphatic heterocycles. The van der Waals surface area contributed by atoms with Crippen molar-refractivity contribution in [3.63, 3.8) is 0 Å². The predicted molar refractivity (Wildman–Crippen MR) is 121 cm³/mol. The normalized spacial score (nSPS) is 15.0. The number of hydrogen-bond donors (Lipinski definition) is 2. The highest BCUT2D eigenvalue weighted by Crippen LogP contribution is 2.29. The van der Waals surface area contributed by atoms with Crippen LogP contribution in [0.25, 0.3) is 0 Å². The molecule has 1 atom stereocenters. The van der Waals surface area contributed by atoms with Crippen LogP contribution in [0.1, 0.15) is 28.1 Å². The second-order valence-electron chi connectivity index (χ2n) is 7.06. The molecule has 3 rings (SSSR count). The molecule has 2 N–H and O–H groups in total. The number of anilines is 1. The summed E-state index contributed by atoms with van der Waals surface area (Å²) in [5.41, 5.74) is 0.893. The molecule has 2 aromatic rings. The van der Waals surface area contributed by atoms with E-state index in [0.29, 0.717) is 39.9 Å². The molecule has 1 saturated heterocycles. The molecule has 172 valence electrons. The molecule has 1 aromatic heterocycles. The van der Waals surface area contributed by atoms with E-state index in [2.05, 4.69) is 10.0 Å². The van der Waals surface area contributed by atoms with Crippen LogP contribution in [-0.4, -0.2) is 52.4 Å². The van der Waals surface area contributed by atoms with Crippen LogP contribution < -0.4 is 14.9 Å². The van der Waals surface area contributed by atoms with Crippen molar-refractivity contribution >= 4 is 56.4 Å². The number of methoxy groups -OCH3 is 1. The van der Waals surface area contributed by atoms with E-state index in [-0.39, 0.29) is 17.3 Å². The van der Waals surface area contributed by atoms with Gasteiger partial charge in [0, 0.05) is 25.2 Å². The Morgan fingerprint density at radius 2 is 2.03 bits per heavy atom. The third kappa shape index (κ3) is 5.29. The molecule has 32 heavy (non-hydrogen) atoms. The van der Waals surface area contributed by atoms with Crippen molar-refractivity contribution in [3.05, 3.63) is 45.1 Å². The summed E-state index contributed by atoms with van der Waals surface area (Å²) in [5, 5.41) is 2.51. The van der Waals surface area contributed by atoms with E-state index in [0.717, 1.165) is 18.4 Å². The molecule has 1 aromatic carbocycles. The first-order valence-electron chi connectivity index (χ1n) is 9.67. The highest BCUT2D eigenvalue weighted by molar-refractivity contribution is 7.89. The number of hydrogen-bond acceptors (Lipinski definition) is 7. The van der Waals surface area contributed by atoms with Crippen molar-refractivity contribution in [1.82, 2.24) is 10.0 Å². The van der Waals surface area contributed by atoms with E-state index in [1.165, 1.54) is 18.2 Å². The van der Waals surface area contributed by atoms with Crippen LogP contribution in [0, 0.1) is 6.92 Å². The number of carbonyl (C=O) groups excluding carboxylic acids is 3. The number of thiophene rings is 1. The van der Waals surface area contributed by atoms with Gasteiger partial charge >= 0.3 is 5.97 Å². The number of benzene rings is 1. The van der Waals surface area contributed by atoms with Crippen molar-refractivity contribution < 1.29 is 27.5 Å². The first kappa shape index (κ1) is 24.2. The Balaban J connectivity index is 1.80. The van der Waals surface area contributed by atoms with E-state index < -0.39 is 27.9 Å². The zero-order valence-corrected chi connectivity index (χ0v) is 19.8. The highest BCUT2D eigenvalue weighted by Gasteiger charge is 2.30. The van der Waals surface area contributed by atoms with Gasteiger partial charge in [-0.25, -0.2) is 8.42 Å². The topological polar surface area (TPSA) is 122 Å². The molecule has 12 heteroatoms. The zero-order valence-electron chi connectivity index (χ0n) is 17.4. The van der Waals surface area contributed by atoms with Gasteiger partial charge in [-0.3, -0.25) is 14.4 Å². The number of rotatable bonds is 8. The van der Waals surface area contributed by atoms with E-state index in [1.807, 2.05) is 0 Å². The summed E-state index contributed by atoms with van der Waals surface area (Å²) in [6.07, 6.45) is 1.11. The standard InChI is InChI=1S/C20H22ClN3O6S2/c1-12-14(24-10-4-7-18(24)25)5-3-6-16(12)32(28,29)23-13(20(27)30-2)11-22-19(26)15-8-9-17(21)31-15/h3,5-6,8-9,13,23H,4,7,10-11H2,1-2H3,(H,22,26). The Bertz CT molecular complexity index is 1150. The molecule has 9 nitrogen and oxygen atoms in total. The number of esters is 1. The SMILES string of the molecule is COC(=O)C(CNC(=O)c1ccc(Cl)s1)NS(=O)(=O)c1cccc(N2CCCC2=O)c1C. The van der Waals surface area contributed by atoms with Crippen LogP contribution in [0.3, 0.4) is 0 Å². The van der Waals surface area contributed by atoms with Gasteiger partial charge in [0.25, 0.3) is 5.91 Å². The summed E-state index contributed by atoms with van der Waals surface area (Å²) in [4.78, 5) is 38.4. The summed E-state index contributed by atoms with van der Waals surface area (Å²) in [7, 11) is -3.06. The molecule has 0 aliphatic carbocycles. The Morgan fingerprint density at radius 3 is 2.62 bits per heavy atom. The third-order valence-electron chi connectivity index (χ3n) is 4.96. The second kappa shape index (κ2) is 9.99. The molecule has 0 saturated carbocycles. The number of carbonyl (C=O) groups is 3. The van der Waals surface area contributed by atoms with Crippen molar-refractivity contribution in [2.24, 2.45) is 0 Å². The lowest BCUT2D eigenvalue weighted by Crippen LogP contribution is -2.48. The van der Waals surface area contributed by atoms with Crippen molar-refractivity contribution in [1.29, 1.82) is 0 Å². The monoisotopic (exact) mass is 499 g/mol. The molecule has 0 spiro atoms. The average molecular weight is 500 g/mol. The van der Waals surface area contributed by atoms with Gasteiger partial charge in [0.15, 0.2) is 0 Å². The van der Waals surface area contributed by atoms with E-state index >= 15 is 0 Å². The number of ether oxygens (including phenoxy) is 1. The van der Waals surface area contributed by atoms with Crippen LogP contribution >= 0.6 is 22.9 Å². The molecule has 2 heterocycles.